The van der Waals surface area contributed by atoms with E-state index in [0.717, 1.165) is 55.1 Å². The molecule has 5 heteroatoms. The fourth-order valence-corrected chi connectivity index (χ4v) is 4.36. The lowest BCUT2D eigenvalue weighted by Gasteiger charge is -2.36. The molecule has 0 amide bonds. The molecule has 4 nitrogen and oxygen atoms in total. The van der Waals surface area contributed by atoms with E-state index < -0.39 is 15.7 Å². The Morgan fingerprint density at radius 2 is 0.969 bits per heavy atom. The van der Waals surface area contributed by atoms with Gasteiger partial charge in [0.1, 0.15) is 5.60 Å². The van der Waals surface area contributed by atoms with E-state index in [1.54, 1.807) is 0 Å². The lowest BCUT2D eigenvalue weighted by molar-refractivity contribution is 0.0106. The summed E-state index contributed by atoms with van der Waals surface area (Å²) < 4.78 is 33.6. The Hall–Kier alpha value is -2.47. The van der Waals surface area contributed by atoms with Crippen molar-refractivity contribution in [1.29, 1.82) is 0 Å². The minimum Gasteiger partial charge on any atom is -0.361 e. The highest BCUT2D eigenvalue weighted by molar-refractivity contribution is 7.85. The van der Waals surface area contributed by atoms with Gasteiger partial charge in [0.2, 0.25) is 0 Å². The van der Waals surface area contributed by atoms with E-state index in [1.807, 2.05) is 18.2 Å². The summed E-state index contributed by atoms with van der Waals surface area (Å²) >= 11 is 0. The van der Waals surface area contributed by atoms with Gasteiger partial charge in [0.15, 0.2) is 0 Å². The maximum atomic E-state index is 11.0. The summed E-state index contributed by atoms with van der Waals surface area (Å²) in [6.45, 7) is 0.882. The molecule has 0 saturated heterocycles. The molecule has 3 aromatic carbocycles. The van der Waals surface area contributed by atoms with Crippen LogP contribution in [0.2, 0.25) is 0 Å². The minimum atomic E-state index is -3.34. The second-order valence-corrected chi connectivity index (χ2v) is 9.57. The van der Waals surface area contributed by atoms with Crippen LogP contribution in [0.1, 0.15) is 48.8 Å². The van der Waals surface area contributed by atoms with E-state index in [1.165, 1.54) is 0 Å². The lowest BCUT2D eigenvalue weighted by atomic mass is 9.80. The molecular weight excluding hydrogens is 420 g/mol. The molecule has 32 heavy (non-hydrogen) atoms. The molecule has 170 valence electrons. The van der Waals surface area contributed by atoms with Crippen LogP contribution in [-0.4, -0.2) is 27.9 Å². The topological polar surface area (TPSA) is 52.6 Å². The van der Waals surface area contributed by atoms with Crippen LogP contribution in [-0.2, 0) is 24.6 Å². The molecule has 3 aromatic rings. The zero-order valence-corrected chi connectivity index (χ0v) is 19.5. The second kappa shape index (κ2) is 12.0. The van der Waals surface area contributed by atoms with E-state index in [9.17, 15) is 8.42 Å². The Morgan fingerprint density at radius 3 is 1.38 bits per heavy atom. The van der Waals surface area contributed by atoms with Crippen molar-refractivity contribution >= 4 is 10.1 Å². The highest BCUT2D eigenvalue weighted by atomic mass is 32.2. The third kappa shape index (κ3) is 6.76. The molecule has 0 aliphatic heterocycles. The monoisotopic (exact) mass is 452 g/mol. The molecular formula is C27H32O4S. The summed E-state index contributed by atoms with van der Waals surface area (Å²) in [5.74, 6) is 0. The van der Waals surface area contributed by atoms with Crippen molar-refractivity contribution in [2.45, 2.75) is 37.7 Å². The van der Waals surface area contributed by atoms with Crippen LogP contribution in [0.25, 0.3) is 0 Å². The number of unbranched alkanes of at least 4 members (excludes halogenated alkanes) is 4. The zero-order chi connectivity index (χ0) is 22.7. The Kier molecular flexibility index (Phi) is 9.03. The molecule has 0 aliphatic rings. The van der Waals surface area contributed by atoms with Gasteiger partial charge in [0.05, 0.1) is 12.9 Å². The Labute approximate surface area is 192 Å². The van der Waals surface area contributed by atoms with E-state index in [4.69, 9.17) is 8.92 Å². The molecule has 0 N–H and O–H groups in total. The van der Waals surface area contributed by atoms with E-state index in [0.29, 0.717) is 6.61 Å². The van der Waals surface area contributed by atoms with Crippen LogP contribution in [0.3, 0.4) is 0 Å². The first-order chi connectivity index (χ1) is 15.5. The van der Waals surface area contributed by atoms with Gasteiger partial charge in [-0.1, -0.05) is 110 Å². The van der Waals surface area contributed by atoms with Gasteiger partial charge in [-0.05, 0) is 29.5 Å². The van der Waals surface area contributed by atoms with Crippen LogP contribution in [0, 0.1) is 0 Å². The minimum absolute atomic E-state index is 0.258. The number of benzene rings is 3. The summed E-state index contributed by atoms with van der Waals surface area (Å²) in [6, 6.07) is 31.2. The van der Waals surface area contributed by atoms with Crippen LogP contribution in [0.4, 0.5) is 0 Å². The molecule has 0 saturated carbocycles. The van der Waals surface area contributed by atoms with Gasteiger partial charge in [-0.2, -0.15) is 8.42 Å². The fraction of sp³-hybridized carbons (Fsp3) is 0.333. The predicted octanol–water partition coefficient (Wildman–Crippen LogP) is 5.92. The van der Waals surface area contributed by atoms with Gasteiger partial charge in [0.25, 0.3) is 10.1 Å². The molecule has 0 fully saturated rings. The zero-order valence-electron chi connectivity index (χ0n) is 18.7. The highest BCUT2D eigenvalue weighted by Crippen LogP contribution is 2.40. The van der Waals surface area contributed by atoms with Gasteiger partial charge in [0, 0.05) is 6.61 Å². The largest absolute Gasteiger partial charge is 0.361 e. The van der Waals surface area contributed by atoms with Crippen LogP contribution < -0.4 is 0 Å². The first-order valence-electron chi connectivity index (χ1n) is 11.2. The smallest absolute Gasteiger partial charge is 0.264 e. The highest BCUT2D eigenvalue weighted by Gasteiger charge is 2.37. The maximum Gasteiger partial charge on any atom is 0.264 e. The average Bonchev–Trinajstić information content (AvgIpc) is 2.82. The van der Waals surface area contributed by atoms with Crippen LogP contribution >= 0.6 is 0 Å². The number of hydrogen-bond donors (Lipinski definition) is 0. The first kappa shape index (κ1) is 24.2. The van der Waals surface area contributed by atoms with Gasteiger partial charge in [-0.25, -0.2) is 0 Å². The lowest BCUT2D eigenvalue weighted by Crippen LogP contribution is -2.33. The molecule has 3 rings (SSSR count). The summed E-state index contributed by atoms with van der Waals surface area (Å²) in [5, 5.41) is 0. The SMILES string of the molecule is CS(=O)(=O)OCCCCCCCOC(c1ccccc1)(c1ccccc1)c1ccccc1. The molecule has 0 unspecified atom stereocenters. The van der Waals surface area contributed by atoms with Crippen molar-refractivity contribution < 1.29 is 17.3 Å². The predicted molar refractivity (Wildman–Crippen MR) is 129 cm³/mol. The van der Waals surface area contributed by atoms with Gasteiger partial charge < -0.3 is 4.74 Å². The van der Waals surface area contributed by atoms with E-state index in [-0.39, 0.29) is 6.61 Å². The Morgan fingerprint density at radius 1 is 0.594 bits per heavy atom. The van der Waals surface area contributed by atoms with Crippen molar-refractivity contribution in [3.63, 3.8) is 0 Å². The first-order valence-corrected chi connectivity index (χ1v) is 13.0. The Bertz CT molecular complexity index is 922. The quantitative estimate of drug-likeness (QED) is 0.183. The third-order valence-corrected chi connectivity index (χ3v) is 6.04. The van der Waals surface area contributed by atoms with Gasteiger partial charge in [-0.15, -0.1) is 0 Å². The standard InChI is InChI=1S/C27H32O4S/c1-32(28,29)31-23-15-4-2-3-14-22-30-27(24-16-8-5-9-17-24,25-18-10-6-11-19-25)26-20-12-7-13-21-26/h5-13,16-21H,2-4,14-15,22-23H2,1H3. The number of rotatable bonds is 13. The fourth-order valence-electron chi connectivity index (χ4n) is 3.94. The summed E-state index contributed by atoms with van der Waals surface area (Å²) in [6.07, 6.45) is 5.75. The van der Waals surface area contributed by atoms with Crippen molar-refractivity contribution in [2.24, 2.45) is 0 Å². The molecule has 0 radical (unpaired) electrons. The summed E-state index contributed by atoms with van der Waals surface area (Å²) in [4.78, 5) is 0. The third-order valence-electron chi connectivity index (χ3n) is 5.45. The van der Waals surface area contributed by atoms with Crippen molar-refractivity contribution in [2.75, 3.05) is 19.5 Å². The van der Waals surface area contributed by atoms with Crippen molar-refractivity contribution in [3.8, 4) is 0 Å². The Balaban J connectivity index is 1.69. The van der Waals surface area contributed by atoms with Gasteiger partial charge in [-0.3, -0.25) is 4.18 Å². The molecule has 0 atom stereocenters. The number of hydrogen-bond acceptors (Lipinski definition) is 4. The van der Waals surface area contributed by atoms with Crippen molar-refractivity contribution in [3.05, 3.63) is 108 Å². The average molecular weight is 453 g/mol. The van der Waals surface area contributed by atoms with Crippen molar-refractivity contribution in [1.82, 2.24) is 0 Å². The summed E-state index contributed by atoms with van der Waals surface area (Å²) in [7, 11) is -3.34. The second-order valence-electron chi connectivity index (χ2n) is 7.92. The van der Waals surface area contributed by atoms with Crippen LogP contribution in [0.5, 0.6) is 0 Å². The molecule has 0 aliphatic carbocycles. The molecule has 0 heterocycles. The molecule has 0 aromatic heterocycles. The van der Waals surface area contributed by atoms with Crippen LogP contribution in [0.15, 0.2) is 91.0 Å². The molecule has 0 bridgehead atoms. The maximum absolute atomic E-state index is 11.0. The van der Waals surface area contributed by atoms with E-state index >= 15 is 0 Å². The van der Waals surface area contributed by atoms with E-state index in [2.05, 4.69) is 72.8 Å². The summed E-state index contributed by atoms with van der Waals surface area (Å²) in [5.41, 5.74) is 2.65. The number of ether oxygens (including phenoxy) is 1. The normalized spacial score (nSPS) is 12.0. The van der Waals surface area contributed by atoms with Gasteiger partial charge >= 0.3 is 0 Å². The molecule has 0 spiro atoms.